The molecule has 0 aliphatic heterocycles. The zero-order valence-electron chi connectivity index (χ0n) is 12.3. The standard InChI is InChI=1S/C15H23Cl2NO/c1-10(2)18-7-6-15(3,4)11-8-13(17)14(19-5)9-12(11)16/h8-10,18H,6-7H2,1-5H3. The second-order valence-corrected chi connectivity index (χ2v) is 6.52. The summed E-state index contributed by atoms with van der Waals surface area (Å²) in [6.45, 7) is 9.59. The normalized spacial score (nSPS) is 12.0. The Labute approximate surface area is 126 Å². The van der Waals surface area contributed by atoms with Gasteiger partial charge in [0.05, 0.1) is 12.1 Å². The zero-order valence-corrected chi connectivity index (χ0v) is 13.8. The fourth-order valence-electron chi connectivity index (χ4n) is 2.01. The summed E-state index contributed by atoms with van der Waals surface area (Å²) in [4.78, 5) is 0. The molecule has 0 unspecified atom stereocenters. The molecule has 1 aromatic rings. The summed E-state index contributed by atoms with van der Waals surface area (Å²) in [7, 11) is 1.59. The fourth-order valence-corrected chi connectivity index (χ4v) is 2.66. The summed E-state index contributed by atoms with van der Waals surface area (Å²) in [5.41, 5.74) is 1.03. The molecule has 0 aromatic heterocycles. The van der Waals surface area contributed by atoms with E-state index in [1.54, 1.807) is 13.2 Å². The molecule has 0 aliphatic carbocycles. The predicted molar refractivity (Wildman–Crippen MR) is 83.8 cm³/mol. The van der Waals surface area contributed by atoms with Gasteiger partial charge < -0.3 is 10.1 Å². The molecule has 1 rings (SSSR count). The van der Waals surface area contributed by atoms with Crippen LogP contribution in [0.1, 0.15) is 39.7 Å². The quantitative estimate of drug-likeness (QED) is 0.824. The van der Waals surface area contributed by atoms with Crippen molar-refractivity contribution in [1.82, 2.24) is 5.32 Å². The molecule has 0 bridgehead atoms. The lowest BCUT2D eigenvalue weighted by atomic mass is 9.81. The van der Waals surface area contributed by atoms with Crippen molar-refractivity contribution in [3.05, 3.63) is 27.7 Å². The SMILES string of the molecule is COc1cc(Cl)c(C(C)(C)CCNC(C)C)cc1Cl. The first kappa shape index (κ1) is 16.6. The molecule has 0 spiro atoms. The number of benzene rings is 1. The van der Waals surface area contributed by atoms with Gasteiger partial charge in [-0.2, -0.15) is 0 Å². The maximum absolute atomic E-state index is 6.35. The third-order valence-corrected chi connectivity index (χ3v) is 3.88. The molecule has 0 fully saturated rings. The summed E-state index contributed by atoms with van der Waals surface area (Å²) in [6, 6.07) is 4.19. The predicted octanol–water partition coefficient (Wildman–Crippen LogP) is 4.67. The molecule has 0 aliphatic rings. The summed E-state index contributed by atoms with van der Waals surface area (Å²) in [5.74, 6) is 0.617. The minimum absolute atomic E-state index is 0.0329. The minimum Gasteiger partial charge on any atom is -0.495 e. The second kappa shape index (κ2) is 6.83. The van der Waals surface area contributed by atoms with Crippen LogP contribution in [0.15, 0.2) is 12.1 Å². The van der Waals surface area contributed by atoms with Crippen molar-refractivity contribution in [2.45, 2.75) is 45.6 Å². The maximum Gasteiger partial charge on any atom is 0.138 e. The van der Waals surface area contributed by atoms with Gasteiger partial charge in [0.25, 0.3) is 0 Å². The molecule has 1 N–H and O–H groups in total. The van der Waals surface area contributed by atoms with E-state index in [1.165, 1.54) is 0 Å². The zero-order chi connectivity index (χ0) is 14.6. The lowest BCUT2D eigenvalue weighted by Gasteiger charge is -2.27. The monoisotopic (exact) mass is 303 g/mol. The molecule has 0 atom stereocenters. The number of nitrogens with one attached hydrogen (secondary N) is 1. The Morgan fingerprint density at radius 2 is 1.84 bits per heavy atom. The van der Waals surface area contributed by atoms with Crippen molar-refractivity contribution >= 4 is 23.2 Å². The summed E-state index contributed by atoms with van der Waals surface area (Å²) >= 11 is 12.5. The first-order valence-electron chi connectivity index (χ1n) is 6.55. The van der Waals surface area contributed by atoms with Crippen molar-refractivity contribution in [1.29, 1.82) is 0 Å². The van der Waals surface area contributed by atoms with E-state index >= 15 is 0 Å². The van der Waals surface area contributed by atoms with Crippen molar-refractivity contribution in [2.24, 2.45) is 0 Å². The van der Waals surface area contributed by atoms with Gasteiger partial charge in [0, 0.05) is 17.1 Å². The van der Waals surface area contributed by atoms with Gasteiger partial charge in [-0.3, -0.25) is 0 Å². The Bertz CT molecular complexity index is 430. The number of rotatable bonds is 6. The molecular formula is C15H23Cl2NO. The van der Waals surface area contributed by atoms with E-state index in [4.69, 9.17) is 27.9 Å². The lowest BCUT2D eigenvalue weighted by molar-refractivity contribution is 0.412. The summed E-state index contributed by atoms with van der Waals surface area (Å²) in [6.07, 6.45) is 0.994. The Morgan fingerprint density at radius 3 is 2.37 bits per heavy atom. The molecule has 19 heavy (non-hydrogen) atoms. The lowest BCUT2D eigenvalue weighted by Crippen LogP contribution is -2.29. The van der Waals surface area contributed by atoms with Crippen LogP contribution in [0, 0.1) is 0 Å². The van der Waals surface area contributed by atoms with Gasteiger partial charge in [0.2, 0.25) is 0 Å². The van der Waals surface area contributed by atoms with E-state index in [1.807, 2.05) is 6.07 Å². The molecule has 4 heteroatoms. The largest absolute Gasteiger partial charge is 0.495 e. The number of hydrogen-bond donors (Lipinski definition) is 1. The average Bonchev–Trinajstić information content (AvgIpc) is 2.30. The second-order valence-electron chi connectivity index (χ2n) is 5.71. The molecule has 0 saturated carbocycles. The van der Waals surface area contributed by atoms with E-state index in [0.29, 0.717) is 21.8 Å². The van der Waals surface area contributed by atoms with E-state index < -0.39 is 0 Å². The molecule has 108 valence electrons. The maximum atomic E-state index is 6.35. The number of hydrogen-bond acceptors (Lipinski definition) is 2. The Kier molecular flexibility index (Phi) is 5.97. The smallest absolute Gasteiger partial charge is 0.138 e. The van der Waals surface area contributed by atoms with Gasteiger partial charge in [-0.05, 0) is 30.0 Å². The third kappa shape index (κ3) is 4.55. The van der Waals surface area contributed by atoms with Crippen LogP contribution in [0.4, 0.5) is 0 Å². The highest BCUT2D eigenvalue weighted by Crippen LogP contribution is 2.38. The van der Waals surface area contributed by atoms with Crippen LogP contribution in [0.3, 0.4) is 0 Å². The number of halogens is 2. The minimum atomic E-state index is -0.0329. The molecule has 0 radical (unpaired) electrons. The Balaban J connectivity index is 2.91. The highest BCUT2D eigenvalue weighted by molar-refractivity contribution is 6.34. The number of ether oxygens (including phenoxy) is 1. The first-order chi connectivity index (χ1) is 8.77. The third-order valence-electron chi connectivity index (χ3n) is 3.27. The van der Waals surface area contributed by atoms with Gasteiger partial charge in [-0.1, -0.05) is 50.9 Å². The van der Waals surface area contributed by atoms with Crippen LogP contribution < -0.4 is 10.1 Å². The van der Waals surface area contributed by atoms with Crippen LogP contribution in [-0.4, -0.2) is 19.7 Å². The molecule has 1 aromatic carbocycles. The average molecular weight is 304 g/mol. The van der Waals surface area contributed by atoms with E-state index in [-0.39, 0.29) is 5.41 Å². The Morgan fingerprint density at radius 1 is 1.21 bits per heavy atom. The van der Waals surface area contributed by atoms with Crippen molar-refractivity contribution in [3.63, 3.8) is 0 Å². The van der Waals surface area contributed by atoms with Crippen LogP contribution in [-0.2, 0) is 5.41 Å². The highest BCUT2D eigenvalue weighted by atomic mass is 35.5. The highest BCUT2D eigenvalue weighted by Gasteiger charge is 2.24. The van der Waals surface area contributed by atoms with Gasteiger partial charge in [-0.25, -0.2) is 0 Å². The first-order valence-corrected chi connectivity index (χ1v) is 7.30. The van der Waals surface area contributed by atoms with E-state index in [9.17, 15) is 0 Å². The van der Waals surface area contributed by atoms with Crippen LogP contribution in [0.25, 0.3) is 0 Å². The van der Waals surface area contributed by atoms with Crippen LogP contribution in [0.2, 0.25) is 10.0 Å². The molecule has 0 amide bonds. The van der Waals surface area contributed by atoms with Gasteiger partial charge in [0.15, 0.2) is 0 Å². The molecule has 2 nitrogen and oxygen atoms in total. The number of methoxy groups -OCH3 is 1. The molecule has 0 saturated heterocycles. The van der Waals surface area contributed by atoms with E-state index in [0.717, 1.165) is 18.5 Å². The van der Waals surface area contributed by atoms with Gasteiger partial charge in [-0.15, -0.1) is 0 Å². The topological polar surface area (TPSA) is 21.3 Å². The summed E-state index contributed by atoms with van der Waals surface area (Å²) < 4.78 is 5.18. The van der Waals surface area contributed by atoms with Crippen LogP contribution in [0.5, 0.6) is 5.75 Å². The van der Waals surface area contributed by atoms with Gasteiger partial charge >= 0.3 is 0 Å². The molecule has 0 heterocycles. The van der Waals surface area contributed by atoms with Crippen molar-refractivity contribution in [3.8, 4) is 5.75 Å². The molecular weight excluding hydrogens is 281 g/mol. The fraction of sp³-hybridized carbons (Fsp3) is 0.600. The summed E-state index contributed by atoms with van der Waals surface area (Å²) in [5, 5.41) is 4.74. The van der Waals surface area contributed by atoms with Crippen molar-refractivity contribution < 1.29 is 4.74 Å². The van der Waals surface area contributed by atoms with Crippen molar-refractivity contribution in [2.75, 3.05) is 13.7 Å². The van der Waals surface area contributed by atoms with Crippen LogP contribution >= 0.6 is 23.2 Å². The van der Waals surface area contributed by atoms with Gasteiger partial charge in [0.1, 0.15) is 5.75 Å². The Hall–Kier alpha value is -0.440. The van der Waals surface area contributed by atoms with E-state index in [2.05, 4.69) is 33.0 Å².